The summed E-state index contributed by atoms with van der Waals surface area (Å²) in [6, 6.07) is 5.95. The van der Waals surface area contributed by atoms with E-state index in [1.165, 1.54) is 18.2 Å². The van der Waals surface area contributed by atoms with Crippen LogP contribution in [0.2, 0.25) is 0 Å². The molecule has 1 aliphatic heterocycles. The summed E-state index contributed by atoms with van der Waals surface area (Å²) >= 11 is 0. The van der Waals surface area contributed by atoms with Gasteiger partial charge in [-0.2, -0.15) is 13.2 Å². The minimum atomic E-state index is -4.44. The van der Waals surface area contributed by atoms with Crippen molar-refractivity contribution in [3.8, 4) is 11.5 Å². The molecule has 0 radical (unpaired) electrons. The summed E-state index contributed by atoms with van der Waals surface area (Å²) in [5.74, 6) is 0.341. The van der Waals surface area contributed by atoms with Crippen LogP contribution in [0.1, 0.15) is 19.8 Å². The molecule has 1 amide bonds. The molecule has 0 saturated carbocycles. The van der Waals surface area contributed by atoms with Crippen LogP contribution in [0.5, 0.6) is 11.5 Å². The lowest BCUT2D eigenvalue weighted by Crippen LogP contribution is -2.50. The molecule has 0 aromatic heterocycles. The number of para-hydroxylation sites is 2. The molecule has 2 rings (SSSR count). The number of benzene rings is 1. The monoisotopic (exact) mass is 360 g/mol. The van der Waals surface area contributed by atoms with E-state index in [0.717, 1.165) is 12.8 Å². The van der Waals surface area contributed by atoms with Crippen LogP contribution >= 0.6 is 0 Å². The Kier molecular flexibility index (Phi) is 6.52. The van der Waals surface area contributed by atoms with Gasteiger partial charge in [-0.15, -0.1) is 0 Å². The number of likely N-dealkylation sites (tertiary alicyclic amines) is 1. The van der Waals surface area contributed by atoms with Gasteiger partial charge < -0.3 is 20.1 Å². The van der Waals surface area contributed by atoms with Crippen LogP contribution in [0.25, 0.3) is 0 Å². The van der Waals surface area contributed by atoms with E-state index in [0.29, 0.717) is 19.0 Å². The van der Waals surface area contributed by atoms with Crippen molar-refractivity contribution in [3.05, 3.63) is 24.3 Å². The van der Waals surface area contributed by atoms with E-state index in [2.05, 4.69) is 6.92 Å². The summed E-state index contributed by atoms with van der Waals surface area (Å²) in [7, 11) is 0. The lowest BCUT2D eigenvalue weighted by Gasteiger charge is -2.37. The molecule has 5 nitrogen and oxygen atoms in total. The number of nitrogens with zero attached hydrogens (tertiary/aromatic N) is 1. The minimum Gasteiger partial charge on any atom is -0.480 e. The summed E-state index contributed by atoms with van der Waals surface area (Å²) in [5.41, 5.74) is 5.74. The highest BCUT2D eigenvalue weighted by atomic mass is 19.4. The standard InChI is InChI=1S/C17H23F3N2O3/c1-12-6-7-22(13(8-12)9-21)16(23)10-24-14-4-2-3-5-15(14)25-11-17(18,19)20/h2-5,12-13H,6-11,21H2,1H3. The Hall–Kier alpha value is -1.96. The van der Waals surface area contributed by atoms with E-state index in [4.69, 9.17) is 15.2 Å². The van der Waals surface area contributed by atoms with Crippen LogP contribution < -0.4 is 15.2 Å². The first kappa shape index (κ1) is 19.4. The summed E-state index contributed by atoms with van der Waals surface area (Å²) in [4.78, 5) is 14.1. The molecule has 8 heteroatoms. The van der Waals surface area contributed by atoms with Gasteiger partial charge in [0.2, 0.25) is 0 Å². The number of carbonyl (C=O) groups excluding carboxylic acids is 1. The lowest BCUT2D eigenvalue weighted by molar-refractivity contribution is -0.153. The Labute approximate surface area is 144 Å². The van der Waals surface area contributed by atoms with E-state index in [9.17, 15) is 18.0 Å². The number of piperidine rings is 1. The van der Waals surface area contributed by atoms with E-state index < -0.39 is 12.8 Å². The predicted octanol–water partition coefficient (Wildman–Crippen LogP) is 2.59. The van der Waals surface area contributed by atoms with Crippen LogP contribution in [-0.4, -0.2) is 49.3 Å². The summed E-state index contributed by atoms with van der Waals surface area (Å²) in [5, 5.41) is 0. The van der Waals surface area contributed by atoms with Crippen molar-refractivity contribution < 1.29 is 27.4 Å². The molecule has 0 aliphatic carbocycles. The largest absolute Gasteiger partial charge is 0.480 e. The molecule has 25 heavy (non-hydrogen) atoms. The van der Waals surface area contributed by atoms with Gasteiger partial charge in [0.25, 0.3) is 5.91 Å². The van der Waals surface area contributed by atoms with Crippen LogP contribution in [0.3, 0.4) is 0 Å². The zero-order valence-corrected chi connectivity index (χ0v) is 14.1. The number of hydrogen-bond acceptors (Lipinski definition) is 4. The molecule has 1 aromatic rings. The van der Waals surface area contributed by atoms with Gasteiger partial charge in [-0.3, -0.25) is 4.79 Å². The van der Waals surface area contributed by atoms with Crippen LogP contribution in [-0.2, 0) is 4.79 Å². The van der Waals surface area contributed by atoms with E-state index in [1.54, 1.807) is 11.0 Å². The van der Waals surface area contributed by atoms with Gasteiger partial charge in [0.05, 0.1) is 0 Å². The van der Waals surface area contributed by atoms with Crippen molar-refractivity contribution in [2.45, 2.75) is 32.0 Å². The first-order valence-corrected chi connectivity index (χ1v) is 8.21. The second-order valence-corrected chi connectivity index (χ2v) is 6.25. The Morgan fingerprint density at radius 3 is 2.52 bits per heavy atom. The molecule has 2 unspecified atom stereocenters. The Bertz CT molecular complexity index is 581. The third kappa shape index (κ3) is 5.81. The fourth-order valence-corrected chi connectivity index (χ4v) is 2.87. The second kappa shape index (κ2) is 8.42. The molecule has 2 atom stereocenters. The third-order valence-corrected chi connectivity index (χ3v) is 4.16. The molecule has 1 aromatic carbocycles. The zero-order chi connectivity index (χ0) is 18.4. The molecular weight excluding hydrogens is 337 g/mol. The molecule has 2 N–H and O–H groups in total. The van der Waals surface area contributed by atoms with Crippen LogP contribution in [0.4, 0.5) is 13.2 Å². The van der Waals surface area contributed by atoms with Gasteiger partial charge in [-0.05, 0) is 30.9 Å². The number of rotatable bonds is 6. The number of alkyl halides is 3. The van der Waals surface area contributed by atoms with Gasteiger partial charge in [0.1, 0.15) is 0 Å². The highest BCUT2D eigenvalue weighted by Crippen LogP contribution is 2.29. The van der Waals surface area contributed by atoms with Crippen LogP contribution in [0, 0.1) is 5.92 Å². The number of amides is 1. The van der Waals surface area contributed by atoms with E-state index in [1.807, 2.05) is 0 Å². The van der Waals surface area contributed by atoms with E-state index in [-0.39, 0.29) is 30.1 Å². The predicted molar refractivity (Wildman–Crippen MR) is 86.4 cm³/mol. The molecule has 1 heterocycles. The number of carbonyl (C=O) groups is 1. The second-order valence-electron chi connectivity index (χ2n) is 6.25. The van der Waals surface area contributed by atoms with Gasteiger partial charge in [0, 0.05) is 19.1 Å². The number of nitrogens with two attached hydrogens (primary N) is 1. The number of halogens is 3. The molecule has 1 saturated heterocycles. The van der Waals surface area contributed by atoms with Crippen molar-refractivity contribution in [2.75, 3.05) is 26.3 Å². The smallest absolute Gasteiger partial charge is 0.422 e. The highest BCUT2D eigenvalue weighted by Gasteiger charge is 2.30. The zero-order valence-electron chi connectivity index (χ0n) is 14.1. The molecule has 1 aliphatic rings. The molecule has 0 bridgehead atoms. The molecule has 1 fully saturated rings. The average Bonchev–Trinajstić information content (AvgIpc) is 2.57. The quantitative estimate of drug-likeness (QED) is 0.847. The topological polar surface area (TPSA) is 64.8 Å². The normalized spacial score (nSPS) is 21.1. The average molecular weight is 360 g/mol. The maximum Gasteiger partial charge on any atom is 0.422 e. The number of hydrogen-bond donors (Lipinski definition) is 1. The maximum atomic E-state index is 12.4. The first-order chi connectivity index (χ1) is 11.8. The van der Waals surface area contributed by atoms with Crippen molar-refractivity contribution >= 4 is 5.91 Å². The first-order valence-electron chi connectivity index (χ1n) is 8.21. The highest BCUT2D eigenvalue weighted by molar-refractivity contribution is 5.78. The van der Waals surface area contributed by atoms with Crippen molar-refractivity contribution in [3.63, 3.8) is 0 Å². The molecule has 0 spiro atoms. The minimum absolute atomic E-state index is 0.0310. The van der Waals surface area contributed by atoms with Gasteiger partial charge in [-0.25, -0.2) is 0 Å². The molecule has 140 valence electrons. The fourth-order valence-electron chi connectivity index (χ4n) is 2.87. The van der Waals surface area contributed by atoms with Crippen molar-refractivity contribution in [1.82, 2.24) is 4.90 Å². The number of ether oxygens (including phenoxy) is 2. The Morgan fingerprint density at radius 1 is 1.28 bits per heavy atom. The fraction of sp³-hybridized carbons (Fsp3) is 0.588. The summed E-state index contributed by atoms with van der Waals surface area (Å²) in [6.45, 7) is 1.42. The third-order valence-electron chi connectivity index (χ3n) is 4.16. The summed E-state index contributed by atoms with van der Waals surface area (Å²) < 4.78 is 47.1. The van der Waals surface area contributed by atoms with Gasteiger partial charge in [0.15, 0.2) is 24.7 Å². The van der Waals surface area contributed by atoms with Crippen molar-refractivity contribution in [2.24, 2.45) is 11.7 Å². The van der Waals surface area contributed by atoms with E-state index >= 15 is 0 Å². The maximum absolute atomic E-state index is 12.4. The lowest BCUT2D eigenvalue weighted by atomic mass is 9.92. The van der Waals surface area contributed by atoms with Crippen LogP contribution in [0.15, 0.2) is 24.3 Å². The SMILES string of the molecule is CC1CCN(C(=O)COc2ccccc2OCC(F)(F)F)C(CN)C1. The van der Waals surface area contributed by atoms with Gasteiger partial charge in [-0.1, -0.05) is 19.1 Å². The Morgan fingerprint density at radius 2 is 1.92 bits per heavy atom. The van der Waals surface area contributed by atoms with Gasteiger partial charge >= 0.3 is 6.18 Å². The Balaban J connectivity index is 1.95. The van der Waals surface area contributed by atoms with Crippen molar-refractivity contribution in [1.29, 1.82) is 0 Å². The summed E-state index contributed by atoms with van der Waals surface area (Å²) in [6.07, 6.45) is -2.71. The molecular formula is C17H23F3N2O3.